The first kappa shape index (κ1) is 17.0. The van der Waals surface area contributed by atoms with Crippen LogP contribution in [-0.4, -0.2) is 31.5 Å². The Kier molecular flexibility index (Phi) is 7.89. The number of hydrogen-bond donors (Lipinski definition) is 3. The van der Waals surface area contributed by atoms with Crippen molar-refractivity contribution >= 4 is 11.8 Å². The van der Waals surface area contributed by atoms with Gasteiger partial charge in [0, 0.05) is 31.6 Å². The lowest BCUT2D eigenvalue weighted by molar-refractivity contribution is -0.123. The van der Waals surface area contributed by atoms with Crippen LogP contribution >= 0.6 is 0 Å². The Morgan fingerprint density at radius 3 is 2.57 bits per heavy atom. The molecule has 0 aliphatic heterocycles. The van der Waals surface area contributed by atoms with Gasteiger partial charge in [-0.25, -0.2) is 0 Å². The summed E-state index contributed by atoms with van der Waals surface area (Å²) in [6.07, 6.45) is 1.16. The van der Waals surface area contributed by atoms with Crippen LogP contribution in [0.15, 0.2) is 24.3 Å². The van der Waals surface area contributed by atoms with Crippen molar-refractivity contribution in [3.8, 4) is 5.75 Å². The highest BCUT2D eigenvalue weighted by Gasteiger charge is 2.06. The summed E-state index contributed by atoms with van der Waals surface area (Å²) in [7, 11) is 0. The van der Waals surface area contributed by atoms with Crippen molar-refractivity contribution in [2.45, 2.75) is 26.3 Å². The Labute approximate surface area is 125 Å². The highest BCUT2D eigenvalue weighted by molar-refractivity contribution is 5.79. The van der Waals surface area contributed by atoms with Crippen LogP contribution in [0.5, 0.6) is 5.75 Å². The third-order valence-corrected chi connectivity index (χ3v) is 2.80. The van der Waals surface area contributed by atoms with Gasteiger partial charge in [0.1, 0.15) is 5.75 Å². The molecule has 0 fully saturated rings. The normalized spacial score (nSPS) is 10.0. The fraction of sp³-hybridized carbons (Fsp3) is 0.467. The number of rotatable bonds is 9. The number of carbonyl (C=O) groups excluding carboxylic acids is 2. The minimum Gasteiger partial charge on any atom is -0.483 e. The number of carbonyl (C=O) groups is 2. The quantitative estimate of drug-likeness (QED) is 0.620. The summed E-state index contributed by atoms with van der Waals surface area (Å²) in [6.45, 7) is 3.21. The predicted octanol–water partition coefficient (Wildman–Crippen LogP) is 0.557. The van der Waals surface area contributed by atoms with E-state index in [9.17, 15) is 9.59 Å². The second kappa shape index (κ2) is 9.77. The zero-order chi connectivity index (χ0) is 15.5. The van der Waals surface area contributed by atoms with Gasteiger partial charge in [0.15, 0.2) is 6.61 Å². The van der Waals surface area contributed by atoms with Crippen LogP contribution in [0, 0.1) is 0 Å². The number of nitrogens with one attached hydrogen (secondary N) is 2. The third-order valence-electron chi connectivity index (χ3n) is 2.80. The van der Waals surface area contributed by atoms with Crippen LogP contribution in [0.25, 0.3) is 0 Å². The molecule has 1 aromatic rings. The number of amides is 2. The fourth-order valence-electron chi connectivity index (χ4n) is 1.68. The summed E-state index contributed by atoms with van der Waals surface area (Å²) in [5.41, 5.74) is 6.44. The first-order chi connectivity index (χ1) is 10.2. The minimum absolute atomic E-state index is 0.0634. The Balaban J connectivity index is 2.24. The smallest absolute Gasteiger partial charge is 0.257 e. The lowest BCUT2D eigenvalue weighted by Crippen LogP contribution is -2.33. The van der Waals surface area contributed by atoms with E-state index in [4.69, 9.17) is 10.5 Å². The first-order valence-corrected chi connectivity index (χ1v) is 7.11. The van der Waals surface area contributed by atoms with Gasteiger partial charge in [0.05, 0.1) is 0 Å². The molecule has 0 unspecified atom stereocenters. The zero-order valence-corrected chi connectivity index (χ0v) is 12.4. The molecule has 0 bridgehead atoms. The molecule has 0 saturated heterocycles. The second-order valence-corrected chi connectivity index (χ2v) is 4.55. The molecule has 0 atom stereocenters. The summed E-state index contributed by atoms with van der Waals surface area (Å²) < 4.78 is 5.42. The Morgan fingerprint density at radius 2 is 1.86 bits per heavy atom. The SMILES string of the molecule is CCCNC(=O)CCNC(=O)COc1ccccc1CN. The lowest BCUT2D eigenvalue weighted by atomic mass is 10.2. The molecule has 21 heavy (non-hydrogen) atoms. The molecule has 6 nitrogen and oxygen atoms in total. The first-order valence-electron chi connectivity index (χ1n) is 7.11. The highest BCUT2D eigenvalue weighted by Crippen LogP contribution is 2.16. The van der Waals surface area contributed by atoms with Crippen molar-refractivity contribution in [2.24, 2.45) is 5.73 Å². The fourth-order valence-corrected chi connectivity index (χ4v) is 1.68. The van der Waals surface area contributed by atoms with E-state index in [0.717, 1.165) is 12.0 Å². The lowest BCUT2D eigenvalue weighted by Gasteiger charge is -2.10. The summed E-state index contributed by atoms with van der Waals surface area (Å²) >= 11 is 0. The van der Waals surface area contributed by atoms with Gasteiger partial charge < -0.3 is 21.1 Å². The number of hydrogen-bond acceptors (Lipinski definition) is 4. The molecule has 2 amide bonds. The van der Waals surface area contributed by atoms with Crippen molar-refractivity contribution in [3.05, 3.63) is 29.8 Å². The predicted molar refractivity (Wildman–Crippen MR) is 80.8 cm³/mol. The molecule has 1 rings (SSSR count). The Hall–Kier alpha value is -2.08. The number of nitrogens with two attached hydrogens (primary N) is 1. The van der Waals surface area contributed by atoms with Gasteiger partial charge in [-0.15, -0.1) is 0 Å². The van der Waals surface area contributed by atoms with Gasteiger partial charge in [0.25, 0.3) is 5.91 Å². The zero-order valence-electron chi connectivity index (χ0n) is 12.4. The van der Waals surface area contributed by atoms with Crippen LogP contribution in [0.2, 0.25) is 0 Å². The Bertz CT molecular complexity index is 463. The van der Waals surface area contributed by atoms with E-state index in [1.54, 1.807) is 6.07 Å². The van der Waals surface area contributed by atoms with Gasteiger partial charge in [0.2, 0.25) is 5.91 Å². The molecule has 0 aliphatic rings. The van der Waals surface area contributed by atoms with E-state index < -0.39 is 0 Å². The highest BCUT2D eigenvalue weighted by atomic mass is 16.5. The Morgan fingerprint density at radius 1 is 1.14 bits per heavy atom. The van der Waals surface area contributed by atoms with Gasteiger partial charge in [-0.05, 0) is 12.5 Å². The van der Waals surface area contributed by atoms with Crippen molar-refractivity contribution in [1.29, 1.82) is 0 Å². The van der Waals surface area contributed by atoms with Crippen molar-refractivity contribution in [1.82, 2.24) is 10.6 Å². The monoisotopic (exact) mass is 293 g/mol. The van der Waals surface area contributed by atoms with Crippen LogP contribution in [0.3, 0.4) is 0 Å². The van der Waals surface area contributed by atoms with E-state index in [-0.39, 0.29) is 24.8 Å². The van der Waals surface area contributed by atoms with Crippen molar-refractivity contribution in [2.75, 3.05) is 19.7 Å². The van der Waals surface area contributed by atoms with Crippen LogP contribution in [0.4, 0.5) is 0 Å². The van der Waals surface area contributed by atoms with Gasteiger partial charge in [-0.3, -0.25) is 9.59 Å². The van der Waals surface area contributed by atoms with Crippen LogP contribution < -0.4 is 21.1 Å². The molecule has 0 aromatic heterocycles. The molecule has 0 spiro atoms. The minimum atomic E-state index is -0.259. The third kappa shape index (κ3) is 6.76. The molecule has 6 heteroatoms. The van der Waals surface area contributed by atoms with Gasteiger partial charge in [-0.1, -0.05) is 25.1 Å². The van der Waals surface area contributed by atoms with E-state index in [1.807, 2.05) is 25.1 Å². The molecule has 4 N–H and O–H groups in total. The van der Waals surface area contributed by atoms with E-state index in [2.05, 4.69) is 10.6 Å². The number of para-hydroxylation sites is 1. The van der Waals surface area contributed by atoms with Crippen LogP contribution in [0.1, 0.15) is 25.3 Å². The maximum atomic E-state index is 11.6. The molecule has 1 aromatic carbocycles. The summed E-state index contributed by atoms with van der Waals surface area (Å²) in [6, 6.07) is 7.31. The maximum absolute atomic E-state index is 11.6. The molecular weight excluding hydrogens is 270 g/mol. The standard InChI is InChI=1S/C15H23N3O3/c1-2-8-17-14(19)7-9-18-15(20)11-21-13-6-4-3-5-12(13)10-16/h3-6H,2,7-11,16H2,1H3,(H,17,19)(H,18,20). The van der Waals surface area contributed by atoms with Gasteiger partial charge >= 0.3 is 0 Å². The molecule has 116 valence electrons. The molecule has 0 heterocycles. The molecule has 0 aliphatic carbocycles. The molecular formula is C15H23N3O3. The van der Waals surface area contributed by atoms with Crippen molar-refractivity contribution in [3.63, 3.8) is 0 Å². The second-order valence-electron chi connectivity index (χ2n) is 4.55. The topological polar surface area (TPSA) is 93.5 Å². The largest absolute Gasteiger partial charge is 0.483 e. The van der Waals surface area contributed by atoms with E-state index in [1.165, 1.54) is 0 Å². The average Bonchev–Trinajstić information content (AvgIpc) is 2.51. The van der Waals surface area contributed by atoms with Crippen LogP contribution in [-0.2, 0) is 16.1 Å². The average molecular weight is 293 g/mol. The summed E-state index contributed by atoms with van der Waals surface area (Å²) in [5.74, 6) is 0.285. The van der Waals surface area contributed by atoms with Crippen molar-refractivity contribution < 1.29 is 14.3 Å². The van der Waals surface area contributed by atoms with Gasteiger partial charge in [-0.2, -0.15) is 0 Å². The molecule has 0 radical (unpaired) electrons. The summed E-state index contributed by atoms with van der Waals surface area (Å²) in [4.78, 5) is 23.0. The maximum Gasteiger partial charge on any atom is 0.257 e. The molecule has 0 saturated carbocycles. The van der Waals surface area contributed by atoms with E-state index in [0.29, 0.717) is 25.4 Å². The number of ether oxygens (including phenoxy) is 1. The summed E-state index contributed by atoms with van der Waals surface area (Å²) in [5, 5.41) is 5.39. The van der Waals surface area contributed by atoms with E-state index >= 15 is 0 Å². The number of benzene rings is 1.